The predicted molar refractivity (Wildman–Crippen MR) is 77.6 cm³/mol. The van der Waals surface area contributed by atoms with Gasteiger partial charge in [-0.2, -0.15) is 11.3 Å². The summed E-state index contributed by atoms with van der Waals surface area (Å²) in [6.45, 7) is 7.94. The zero-order valence-electron chi connectivity index (χ0n) is 11.6. The molecular weight excluding hydrogens is 228 g/mol. The lowest BCUT2D eigenvalue weighted by Crippen LogP contribution is -2.41. The molecule has 98 valence electrons. The van der Waals surface area contributed by atoms with Crippen molar-refractivity contribution in [3.63, 3.8) is 0 Å². The Labute approximate surface area is 110 Å². The molecule has 0 fully saturated rings. The Kier molecular flexibility index (Phi) is 6.17. The lowest BCUT2D eigenvalue weighted by molar-refractivity contribution is 0.153. The van der Waals surface area contributed by atoms with Gasteiger partial charge in [-0.15, -0.1) is 0 Å². The highest BCUT2D eigenvalue weighted by atomic mass is 32.1. The fourth-order valence-corrected chi connectivity index (χ4v) is 3.14. The fourth-order valence-electron chi connectivity index (χ4n) is 2.48. The molecule has 0 atom stereocenters. The predicted octanol–water partition coefficient (Wildman–Crippen LogP) is 3.21. The van der Waals surface area contributed by atoms with Gasteiger partial charge in [0, 0.05) is 19.6 Å². The van der Waals surface area contributed by atoms with Gasteiger partial charge in [0.25, 0.3) is 0 Å². The average molecular weight is 254 g/mol. The van der Waals surface area contributed by atoms with Crippen LogP contribution in [0.4, 0.5) is 0 Å². The minimum Gasteiger partial charge on any atom is -0.319 e. The van der Waals surface area contributed by atoms with E-state index >= 15 is 0 Å². The summed E-state index contributed by atoms with van der Waals surface area (Å²) in [7, 11) is 4.28. The zero-order valence-corrected chi connectivity index (χ0v) is 12.4. The molecule has 0 radical (unpaired) electrons. The summed E-state index contributed by atoms with van der Waals surface area (Å²) in [6.07, 6.45) is 2.47. The molecule has 0 aliphatic carbocycles. The maximum Gasteiger partial charge on any atom is 0.0239 e. The molecule has 1 rings (SSSR count). The Morgan fingerprint density at radius 1 is 1.35 bits per heavy atom. The van der Waals surface area contributed by atoms with Crippen molar-refractivity contribution >= 4 is 11.3 Å². The van der Waals surface area contributed by atoms with Crippen molar-refractivity contribution in [2.45, 2.75) is 33.2 Å². The van der Waals surface area contributed by atoms with Gasteiger partial charge in [-0.3, -0.25) is 0 Å². The van der Waals surface area contributed by atoms with Crippen LogP contribution >= 0.6 is 11.3 Å². The molecule has 1 N–H and O–H groups in total. The van der Waals surface area contributed by atoms with E-state index in [4.69, 9.17) is 0 Å². The van der Waals surface area contributed by atoms with Crippen molar-refractivity contribution in [2.75, 3.05) is 27.2 Å². The number of hydrogen-bond donors (Lipinski definition) is 1. The minimum absolute atomic E-state index is 0.416. The van der Waals surface area contributed by atoms with Crippen molar-refractivity contribution < 1.29 is 0 Å². The Hall–Kier alpha value is -0.380. The molecular formula is C14H26N2S. The monoisotopic (exact) mass is 254 g/mol. The van der Waals surface area contributed by atoms with E-state index in [2.05, 4.69) is 55.0 Å². The maximum atomic E-state index is 3.35. The summed E-state index contributed by atoms with van der Waals surface area (Å²) in [5.41, 5.74) is 1.85. The van der Waals surface area contributed by atoms with Crippen molar-refractivity contribution in [2.24, 2.45) is 5.41 Å². The molecule has 1 aromatic heterocycles. The van der Waals surface area contributed by atoms with Crippen LogP contribution < -0.4 is 5.32 Å². The standard InChI is InChI=1S/C14H26N2S/c1-5-14(6-2,11-15-3)12-16(4)9-13-7-8-17-10-13/h7-8,10,15H,5-6,9,11-12H2,1-4H3. The number of rotatable bonds is 8. The van der Waals surface area contributed by atoms with Crippen molar-refractivity contribution in [1.29, 1.82) is 0 Å². The number of thiophene rings is 1. The van der Waals surface area contributed by atoms with Crippen LogP contribution in [0.3, 0.4) is 0 Å². The van der Waals surface area contributed by atoms with E-state index in [1.54, 1.807) is 11.3 Å². The largest absolute Gasteiger partial charge is 0.319 e. The van der Waals surface area contributed by atoms with Gasteiger partial charge >= 0.3 is 0 Å². The first-order chi connectivity index (χ1) is 8.15. The summed E-state index contributed by atoms with van der Waals surface area (Å²) < 4.78 is 0. The lowest BCUT2D eigenvalue weighted by atomic mass is 9.81. The van der Waals surface area contributed by atoms with Crippen molar-refractivity contribution in [3.8, 4) is 0 Å². The highest BCUT2D eigenvalue weighted by molar-refractivity contribution is 7.07. The third-order valence-corrected chi connectivity index (χ3v) is 4.42. The third kappa shape index (κ3) is 4.41. The van der Waals surface area contributed by atoms with Crippen LogP contribution in [0.15, 0.2) is 16.8 Å². The van der Waals surface area contributed by atoms with Crippen LogP contribution in [0.1, 0.15) is 32.3 Å². The van der Waals surface area contributed by atoms with Gasteiger partial charge in [0.2, 0.25) is 0 Å². The molecule has 1 heterocycles. The SMILES string of the molecule is CCC(CC)(CNC)CN(C)Cc1ccsc1. The maximum absolute atomic E-state index is 3.35. The first kappa shape index (κ1) is 14.7. The molecule has 0 bridgehead atoms. The molecule has 0 aliphatic rings. The summed E-state index contributed by atoms with van der Waals surface area (Å²) in [4.78, 5) is 2.45. The van der Waals surface area contributed by atoms with E-state index < -0.39 is 0 Å². The Bertz CT molecular complexity index is 291. The molecule has 0 unspecified atom stereocenters. The Morgan fingerprint density at radius 3 is 2.53 bits per heavy atom. The van der Waals surface area contributed by atoms with E-state index in [0.29, 0.717) is 5.41 Å². The lowest BCUT2D eigenvalue weighted by Gasteiger charge is -2.35. The van der Waals surface area contributed by atoms with E-state index in [0.717, 1.165) is 19.6 Å². The Balaban J connectivity index is 2.54. The summed E-state index contributed by atoms with van der Waals surface area (Å²) in [5, 5.41) is 7.75. The van der Waals surface area contributed by atoms with Gasteiger partial charge in [-0.05, 0) is 54.7 Å². The second-order valence-corrected chi connectivity index (χ2v) is 5.82. The minimum atomic E-state index is 0.416. The van der Waals surface area contributed by atoms with Crippen LogP contribution in [0.25, 0.3) is 0 Å². The molecule has 0 spiro atoms. The zero-order chi connectivity index (χ0) is 12.7. The van der Waals surface area contributed by atoms with E-state index in [1.807, 2.05) is 0 Å². The molecule has 0 aromatic carbocycles. The van der Waals surface area contributed by atoms with Crippen LogP contribution in [-0.4, -0.2) is 32.1 Å². The van der Waals surface area contributed by atoms with Crippen molar-refractivity contribution in [3.05, 3.63) is 22.4 Å². The normalized spacial score (nSPS) is 12.3. The molecule has 0 amide bonds. The molecule has 1 aromatic rings. The van der Waals surface area contributed by atoms with Crippen molar-refractivity contribution in [1.82, 2.24) is 10.2 Å². The van der Waals surface area contributed by atoms with Crippen LogP contribution in [0.2, 0.25) is 0 Å². The van der Waals surface area contributed by atoms with E-state index in [9.17, 15) is 0 Å². The number of nitrogens with zero attached hydrogens (tertiary/aromatic N) is 1. The molecule has 0 saturated heterocycles. The fraction of sp³-hybridized carbons (Fsp3) is 0.714. The van der Waals surface area contributed by atoms with E-state index in [1.165, 1.54) is 18.4 Å². The van der Waals surface area contributed by atoms with Crippen LogP contribution in [-0.2, 0) is 6.54 Å². The molecule has 2 nitrogen and oxygen atoms in total. The van der Waals surface area contributed by atoms with Gasteiger partial charge in [0.05, 0.1) is 0 Å². The average Bonchev–Trinajstić information content (AvgIpc) is 2.81. The smallest absolute Gasteiger partial charge is 0.0239 e. The summed E-state index contributed by atoms with van der Waals surface area (Å²) in [5.74, 6) is 0. The molecule has 0 aliphatic heterocycles. The highest BCUT2D eigenvalue weighted by Gasteiger charge is 2.26. The second-order valence-electron chi connectivity index (χ2n) is 5.04. The highest BCUT2D eigenvalue weighted by Crippen LogP contribution is 2.27. The first-order valence-electron chi connectivity index (χ1n) is 6.50. The summed E-state index contributed by atoms with van der Waals surface area (Å²) in [6, 6.07) is 2.22. The van der Waals surface area contributed by atoms with Crippen LogP contribution in [0.5, 0.6) is 0 Å². The Morgan fingerprint density at radius 2 is 2.06 bits per heavy atom. The van der Waals surface area contributed by atoms with Gasteiger partial charge in [-0.1, -0.05) is 13.8 Å². The topological polar surface area (TPSA) is 15.3 Å². The summed E-state index contributed by atoms with van der Waals surface area (Å²) >= 11 is 1.78. The van der Waals surface area contributed by atoms with Gasteiger partial charge < -0.3 is 10.2 Å². The van der Waals surface area contributed by atoms with E-state index in [-0.39, 0.29) is 0 Å². The van der Waals surface area contributed by atoms with Gasteiger partial charge in [0.1, 0.15) is 0 Å². The first-order valence-corrected chi connectivity index (χ1v) is 7.44. The molecule has 0 saturated carbocycles. The van der Waals surface area contributed by atoms with Crippen LogP contribution in [0, 0.1) is 5.41 Å². The quantitative estimate of drug-likeness (QED) is 0.766. The molecule has 3 heteroatoms. The second kappa shape index (κ2) is 7.14. The van der Waals surface area contributed by atoms with Gasteiger partial charge in [-0.25, -0.2) is 0 Å². The number of hydrogen-bond acceptors (Lipinski definition) is 3. The number of nitrogens with one attached hydrogen (secondary N) is 1. The van der Waals surface area contributed by atoms with Gasteiger partial charge in [0.15, 0.2) is 0 Å². The molecule has 17 heavy (non-hydrogen) atoms. The third-order valence-electron chi connectivity index (χ3n) is 3.69.